The molecule has 4 nitrogen and oxygen atoms in total. The number of hydrogen-bond donors (Lipinski definition) is 2. The van der Waals surface area contributed by atoms with Gasteiger partial charge in [-0.05, 0) is 26.0 Å². The average Bonchev–Trinajstić information content (AvgIpc) is 3.76. The minimum absolute atomic E-state index is 0.430. The highest BCUT2D eigenvalue weighted by Gasteiger charge is 2.40. The molecule has 200 valence electrons. The molecule has 5 heterocycles. The van der Waals surface area contributed by atoms with E-state index in [2.05, 4.69) is 133 Å². The number of rotatable bonds is 0. The van der Waals surface area contributed by atoms with Crippen molar-refractivity contribution in [3.63, 3.8) is 0 Å². The van der Waals surface area contributed by atoms with E-state index in [1.807, 2.05) is 0 Å². The van der Waals surface area contributed by atoms with Crippen molar-refractivity contribution >= 4 is 56.5 Å². The van der Waals surface area contributed by atoms with E-state index in [0.29, 0.717) is 0 Å². The molecule has 0 amide bonds. The highest BCUT2D eigenvalue weighted by atomic mass is 14.9. The number of H-pyrrole nitrogens is 2. The Balaban J connectivity index is 1.39. The summed E-state index contributed by atoms with van der Waals surface area (Å²) in [5, 5.41) is 4.89. The number of aromatic nitrogens is 2. The van der Waals surface area contributed by atoms with Crippen LogP contribution in [0.15, 0.2) is 107 Å². The van der Waals surface area contributed by atoms with Gasteiger partial charge in [-0.2, -0.15) is 0 Å². The number of nitrogens with one attached hydrogen (secondary N) is 2. The second-order valence-electron chi connectivity index (χ2n) is 12.0. The highest BCUT2D eigenvalue weighted by molar-refractivity contribution is 6.30. The van der Waals surface area contributed by atoms with Gasteiger partial charge in [-0.1, -0.05) is 97.1 Å². The fourth-order valence-corrected chi connectivity index (χ4v) is 7.11. The molecule has 4 aromatic carbocycles. The summed E-state index contributed by atoms with van der Waals surface area (Å²) in [5.41, 5.74) is 12.9. The maximum absolute atomic E-state index is 5.38. The largest absolute Gasteiger partial charge is 0.357 e. The fraction of sp³-hybridized carbons (Fsp3) is 0.105. The van der Waals surface area contributed by atoms with Gasteiger partial charge in [0.2, 0.25) is 0 Å². The summed E-state index contributed by atoms with van der Waals surface area (Å²) in [6, 6.07) is 34.6. The monoisotopic (exact) mass is 540 g/mol. The molecule has 2 N–H and O–H groups in total. The number of aliphatic imine (C=N–C) groups is 2. The quantitative estimate of drug-likeness (QED) is 0.193. The molecule has 0 atom stereocenters. The standard InChI is InChI=1S/C38H28N4/c1-38(2)36-28-17-9-7-15-26(28)34(41-36)20-32-24-13-5-3-11-22(24)30(39-32)19-31-23-12-4-6-14-25(23)33(40-31)21-35-27-16-8-10-18-29(27)37(38)42-35/h3-18,20-21,39-40H,19H2,1-2H3/b34-20-,35-21?. The molecule has 0 radical (unpaired) electrons. The summed E-state index contributed by atoms with van der Waals surface area (Å²) in [7, 11) is 0. The fourth-order valence-electron chi connectivity index (χ4n) is 7.11. The van der Waals surface area contributed by atoms with Crippen molar-refractivity contribution in [3.05, 3.63) is 142 Å². The molecule has 0 fully saturated rings. The average molecular weight is 541 g/mol. The molecule has 42 heavy (non-hydrogen) atoms. The minimum Gasteiger partial charge on any atom is -0.357 e. The molecule has 0 saturated heterocycles. The minimum atomic E-state index is -0.430. The zero-order valence-corrected chi connectivity index (χ0v) is 23.5. The second-order valence-corrected chi connectivity index (χ2v) is 12.0. The van der Waals surface area contributed by atoms with Crippen molar-refractivity contribution < 1.29 is 0 Å². The van der Waals surface area contributed by atoms with E-state index in [-0.39, 0.29) is 0 Å². The first-order valence-electron chi connectivity index (χ1n) is 14.6. The van der Waals surface area contributed by atoms with Crippen LogP contribution in [-0.4, -0.2) is 21.4 Å². The lowest BCUT2D eigenvalue weighted by Gasteiger charge is -2.26. The Hall–Kier alpha value is -5.22. The summed E-state index contributed by atoms with van der Waals surface area (Å²) >= 11 is 0. The number of aromatic amines is 2. The van der Waals surface area contributed by atoms with E-state index in [0.717, 1.165) is 51.8 Å². The highest BCUT2D eigenvalue weighted by Crippen LogP contribution is 2.44. The summed E-state index contributed by atoms with van der Waals surface area (Å²) < 4.78 is 0. The van der Waals surface area contributed by atoms with Crippen LogP contribution in [0.2, 0.25) is 0 Å². The van der Waals surface area contributed by atoms with Crippen LogP contribution in [0.1, 0.15) is 58.9 Å². The number of benzene rings is 4. The summed E-state index contributed by atoms with van der Waals surface area (Å²) in [4.78, 5) is 18.4. The molecule has 0 aliphatic carbocycles. The smallest absolute Gasteiger partial charge is 0.0733 e. The lowest BCUT2D eigenvalue weighted by atomic mass is 9.76. The van der Waals surface area contributed by atoms with Gasteiger partial charge in [0.1, 0.15) is 0 Å². The van der Waals surface area contributed by atoms with Crippen molar-refractivity contribution in [1.29, 1.82) is 0 Å². The third kappa shape index (κ3) is 3.23. The SMILES string of the molecule is CC1(C)C2=NC(=Cc3[nH]c(c4ccccc34)Cc3[nH]c(c4ccccc34)/C=C3\N=C1c1ccccc13)c1ccccc12. The Morgan fingerprint density at radius 2 is 0.881 bits per heavy atom. The molecule has 4 heteroatoms. The van der Waals surface area contributed by atoms with E-state index >= 15 is 0 Å². The molecule has 0 saturated carbocycles. The summed E-state index contributed by atoms with van der Waals surface area (Å²) in [6.45, 7) is 4.52. The van der Waals surface area contributed by atoms with Crippen molar-refractivity contribution in [2.45, 2.75) is 20.3 Å². The Kier molecular flexibility index (Phi) is 4.70. The molecule has 2 aromatic heterocycles. The molecular formula is C38H28N4. The van der Waals surface area contributed by atoms with Crippen molar-refractivity contribution in [2.75, 3.05) is 0 Å². The Morgan fingerprint density at radius 1 is 0.500 bits per heavy atom. The number of nitrogens with zero attached hydrogens (tertiary/aromatic N) is 2. The van der Waals surface area contributed by atoms with Crippen LogP contribution in [-0.2, 0) is 6.42 Å². The predicted molar refractivity (Wildman–Crippen MR) is 175 cm³/mol. The lowest BCUT2D eigenvalue weighted by Crippen LogP contribution is -2.33. The first-order chi connectivity index (χ1) is 20.6. The number of hydrogen-bond acceptors (Lipinski definition) is 2. The molecular weight excluding hydrogens is 512 g/mol. The Bertz CT molecular complexity index is 2090. The van der Waals surface area contributed by atoms with Crippen LogP contribution in [0.4, 0.5) is 0 Å². The maximum atomic E-state index is 5.38. The van der Waals surface area contributed by atoms with E-state index in [9.17, 15) is 0 Å². The predicted octanol–water partition coefficient (Wildman–Crippen LogP) is 8.88. The second kappa shape index (κ2) is 8.40. The molecule has 3 aliphatic rings. The zero-order valence-electron chi connectivity index (χ0n) is 23.5. The van der Waals surface area contributed by atoms with Crippen LogP contribution in [0.5, 0.6) is 0 Å². The van der Waals surface area contributed by atoms with E-state index in [1.165, 1.54) is 44.1 Å². The summed E-state index contributed by atoms with van der Waals surface area (Å²) in [6.07, 6.45) is 5.22. The normalized spacial score (nSPS) is 17.8. The van der Waals surface area contributed by atoms with E-state index in [4.69, 9.17) is 9.98 Å². The van der Waals surface area contributed by atoms with Gasteiger partial charge in [0.15, 0.2) is 0 Å². The Labute approximate surface area is 243 Å². The van der Waals surface area contributed by atoms with Gasteiger partial charge >= 0.3 is 0 Å². The lowest BCUT2D eigenvalue weighted by molar-refractivity contribution is 0.733. The van der Waals surface area contributed by atoms with E-state index < -0.39 is 5.41 Å². The topological polar surface area (TPSA) is 56.3 Å². The van der Waals surface area contributed by atoms with Gasteiger partial charge in [-0.3, -0.25) is 9.98 Å². The van der Waals surface area contributed by atoms with Crippen LogP contribution >= 0.6 is 0 Å². The first kappa shape index (κ1) is 23.5. The third-order valence-electron chi connectivity index (χ3n) is 9.14. The van der Waals surface area contributed by atoms with Gasteiger partial charge in [0.05, 0.1) is 28.2 Å². The third-order valence-corrected chi connectivity index (χ3v) is 9.14. The molecule has 0 unspecified atom stereocenters. The summed E-state index contributed by atoms with van der Waals surface area (Å²) in [5.74, 6) is 0. The van der Waals surface area contributed by atoms with Crippen LogP contribution in [0.3, 0.4) is 0 Å². The first-order valence-corrected chi connectivity index (χ1v) is 14.6. The van der Waals surface area contributed by atoms with Gasteiger partial charge in [-0.25, -0.2) is 0 Å². The molecule has 6 aromatic rings. The van der Waals surface area contributed by atoms with Crippen LogP contribution in [0, 0.1) is 5.41 Å². The zero-order chi connectivity index (χ0) is 28.0. The molecule has 0 spiro atoms. The van der Waals surface area contributed by atoms with Gasteiger partial charge < -0.3 is 9.97 Å². The van der Waals surface area contributed by atoms with Crippen LogP contribution in [0.25, 0.3) is 45.1 Å². The number of fused-ring (bicyclic) bond motifs is 18. The van der Waals surface area contributed by atoms with Crippen molar-refractivity contribution in [2.24, 2.45) is 15.4 Å². The van der Waals surface area contributed by atoms with Gasteiger partial charge in [0, 0.05) is 73.0 Å². The molecule has 9 rings (SSSR count). The van der Waals surface area contributed by atoms with Gasteiger partial charge in [0.25, 0.3) is 0 Å². The van der Waals surface area contributed by atoms with Crippen molar-refractivity contribution in [3.8, 4) is 0 Å². The Morgan fingerprint density at radius 3 is 1.33 bits per heavy atom. The van der Waals surface area contributed by atoms with Crippen molar-refractivity contribution in [1.82, 2.24) is 9.97 Å². The molecule has 3 aliphatic heterocycles. The van der Waals surface area contributed by atoms with Crippen LogP contribution < -0.4 is 0 Å². The van der Waals surface area contributed by atoms with Gasteiger partial charge in [-0.15, -0.1) is 0 Å². The maximum Gasteiger partial charge on any atom is 0.0733 e. The molecule has 8 bridgehead atoms. The van der Waals surface area contributed by atoms with E-state index in [1.54, 1.807) is 0 Å².